The third-order valence-electron chi connectivity index (χ3n) is 4.23. The second kappa shape index (κ2) is 6.44. The van der Waals surface area contributed by atoms with Crippen molar-refractivity contribution in [1.29, 1.82) is 0 Å². The van der Waals surface area contributed by atoms with E-state index in [1.807, 2.05) is 0 Å². The van der Waals surface area contributed by atoms with Crippen LogP contribution in [0.3, 0.4) is 0 Å². The Kier molecular flexibility index (Phi) is 4.40. The quantitative estimate of drug-likeness (QED) is 0.429. The smallest absolute Gasteiger partial charge is 0.0656 e. The summed E-state index contributed by atoms with van der Waals surface area (Å²) in [5.74, 6) is 0. The van der Waals surface area contributed by atoms with Crippen LogP contribution in [0.2, 0.25) is 12.1 Å². The largest absolute Gasteiger partial charge is 0.0864 e. The van der Waals surface area contributed by atoms with Crippen LogP contribution in [0.25, 0.3) is 21.5 Å². The highest BCUT2D eigenvalue weighted by atomic mass is 28.3. The van der Waals surface area contributed by atoms with E-state index in [2.05, 4.69) is 68.4 Å². The molecule has 0 N–H and O–H groups in total. The zero-order valence-corrected chi connectivity index (χ0v) is 14.0. The molecule has 1 radical (unpaired) electrons. The fourth-order valence-corrected chi connectivity index (χ4v) is 6.20. The monoisotopic (exact) mass is 291 g/mol. The molecule has 0 amide bonds. The lowest BCUT2D eigenvalue weighted by molar-refractivity contribution is 1.01. The topological polar surface area (TPSA) is 0 Å². The molecule has 0 unspecified atom stereocenters. The second-order valence-corrected chi connectivity index (χ2v) is 8.58. The van der Waals surface area contributed by atoms with Gasteiger partial charge in [0, 0.05) is 0 Å². The fourth-order valence-electron chi connectivity index (χ4n) is 3.27. The van der Waals surface area contributed by atoms with E-state index in [1.54, 1.807) is 5.19 Å². The van der Waals surface area contributed by atoms with Gasteiger partial charge in [0.25, 0.3) is 0 Å². The molecule has 0 saturated heterocycles. The minimum Gasteiger partial charge on any atom is -0.0656 e. The van der Waals surface area contributed by atoms with Gasteiger partial charge >= 0.3 is 0 Å². The molecule has 3 aromatic rings. The molecule has 0 aromatic heterocycles. The SMILES string of the molecule is CCC[Si](CCC)c1cccc2cc3ccccc3cc12. The zero-order chi connectivity index (χ0) is 14.7. The first-order valence-electron chi connectivity index (χ1n) is 8.10. The Balaban J connectivity index is 2.19. The minimum atomic E-state index is -0.417. The van der Waals surface area contributed by atoms with E-state index in [9.17, 15) is 0 Å². The van der Waals surface area contributed by atoms with Crippen molar-refractivity contribution >= 4 is 35.5 Å². The maximum atomic E-state index is 2.41. The molecule has 1 heteroatoms. The van der Waals surface area contributed by atoms with Gasteiger partial charge in [0.2, 0.25) is 0 Å². The maximum absolute atomic E-state index is 2.41. The van der Waals surface area contributed by atoms with Crippen molar-refractivity contribution in [3.8, 4) is 0 Å². The normalized spacial score (nSPS) is 11.6. The van der Waals surface area contributed by atoms with Gasteiger partial charge < -0.3 is 0 Å². The van der Waals surface area contributed by atoms with Crippen molar-refractivity contribution in [3.63, 3.8) is 0 Å². The van der Waals surface area contributed by atoms with E-state index in [4.69, 9.17) is 0 Å². The van der Waals surface area contributed by atoms with Gasteiger partial charge in [-0.25, -0.2) is 0 Å². The molecule has 21 heavy (non-hydrogen) atoms. The highest BCUT2D eigenvalue weighted by Crippen LogP contribution is 2.23. The summed E-state index contributed by atoms with van der Waals surface area (Å²) < 4.78 is 0. The lowest BCUT2D eigenvalue weighted by Crippen LogP contribution is -2.30. The fraction of sp³-hybridized carbons (Fsp3) is 0.300. The molecule has 0 nitrogen and oxygen atoms in total. The number of hydrogen-bond donors (Lipinski definition) is 0. The molecule has 0 fully saturated rings. The van der Waals surface area contributed by atoms with Crippen molar-refractivity contribution in [2.45, 2.75) is 38.8 Å². The number of fused-ring (bicyclic) bond motifs is 2. The average Bonchev–Trinajstić information content (AvgIpc) is 2.52. The molecule has 0 aliphatic rings. The van der Waals surface area contributed by atoms with Crippen molar-refractivity contribution in [2.75, 3.05) is 0 Å². The van der Waals surface area contributed by atoms with Gasteiger partial charge in [-0.1, -0.05) is 86.4 Å². The molecule has 0 aliphatic carbocycles. The summed E-state index contributed by atoms with van der Waals surface area (Å²) in [5, 5.41) is 7.26. The Morgan fingerprint density at radius 3 is 2.00 bits per heavy atom. The number of rotatable bonds is 5. The van der Waals surface area contributed by atoms with E-state index in [0.717, 1.165) is 0 Å². The molecular weight excluding hydrogens is 268 g/mol. The molecule has 107 valence electrons. The molecule has 3 aromatic carbocycles. The van der Waals surface area contributed by atoms with Gasteiger partial charge in [0.05, 0.1) is 8.80 Å². The van der Waals surface area contributed by atoms with Crippen LogP contribution in [0.5, 0.6) is 0 Å². The van der Waals surface area contributed by atoms with E-state index in [-0.39, 0.29) is 0 Å². The highest BCUT2D eigenvalue weighted by Gasteiger charge is 2.15. The lowest BCUT2D eigenvalue weighted by atomic mass is 10.0. The van der Waals surface area contributed by atoms with E-state index in [1.165, 1.54) is 46.5 Å². The number of benzene rings is 3. The van der Waals surface area contributed by atoms with Crippen LogP contribution in [0.15, 0.2) is 54.6 Å². The molecular formula is C20H23Si. The molecule has 0 aliphatic heterocycles. The Hall–Kier alpha value is -1.60. The van der Waals surface area contributed by atoms with Crippen molar-refractivity contribution < 1.29 is 0 Å². The predicted octanol–water partition coefficient (Wildman–Crippen LogP) is 5.51. The zero-order valence-electron chi connectivity index (χ0n) is 13.0. The van der Waals surface area contributed by atoms with Crippen LogP contribution in [0.4, 0.5) is 0 Å². The summed E-state index contributed by atoms with van der Waals surface area (Å²) in [6.45, 7) is 4.64. The summed E-state index contributed by atoms with van der Waals surface area (Å²) in [7, 11) is -0.417. The van der Waals surface area contributed by atoms with Crippen molar-refractivity contribution in [2.24, 2.45) is 0 Å². The van der Waals surface area contributed by atoms with Gasteiger partial charge in [-0.3, -0.25) is 0 Å². The van der Waals surface area contributed by atoms with Crippen LogP contribution in [0, 0.1) is 0 Å². The summed E-state index contributed by atoms with van der Waals surface area (Å²) in [6, 6.07) is 23.2. The maximum Gasteiger partial charge on any atom is 0.0864 e. The van der Waals surface area contributed by atoms with Crippen LogP contribution < -0.4 is 5.19 Å². The van der Waals surface area contributed by atoms with E-state index < -0.39 is 8.80 Å². The highest BCUT2D eigenvalue weighted by molar-refractivity contribution is 6.75. The van der Waals surface area contributed by atoms with Crippen molar-refractivity contribution in [1.82, 2.24) is 0 Å². The third-order valence-corrected chi connectivity index (χ3v) is 7.64. The standard InChI is InChI=1S/C20H23Si/c1-3-12-21(13-4-2)20-11-7-10-18-14-16-8-5-6-9-17(16)15-19(18)20/h5-11,14-15H,3-4,12-13H2,1-2H3. The molecule has 0 heterocycles. The first-order chi connectivity index (χ1) is 10.3. The molecule has 0 spiro atoms. The van der Waals surface area contributed by atoms with Gasteiger partial charge in [-0.05, 0) is 33.7 Å². The Labute approximate surface area is 129 Å². The predicted molar refractivity (Wildman–Crippen MR) is 97.0 cm³/mol. The minimum absolute atomic E-state index is 0.417. The Morgan fingerprint density at radius 2 is 1.33 bits per heavy atom. The first kappa shape index (κ1) is 14.3. The molecule has 3 rings (SSSR count). The van der Waals surface area contributed by atoms with Crippen LogP contribution in [-0.2, 0) is 0 Å². The molecule has 0 atom stereocenters. The van der Waals surface area contributed by atoms with Crippen molar-refractivity contribution in [3.05, 3.63) is 54.6 Å². The second-order valence-electron chi connectivity index (χ2n) is 5.83. The van der Waals surface area contributed by atoms with Gasteiger partial charge in [0.1, 0.15) is 0 Å². The summed E-state index contributed by atoms with van der Waals surface area (Å²) in [5.41, 5.74) is 0. The van der Waals surface area contributed by atoms with Gasteiger partial charge in [-0.15, -0.1) is 0 Å². The number of hydrogen-bond acceptors (Lipinski definition) is 0. The summed E-state index contributed by atoms with van der Waals surface area (Å²) in [4.78, 5) is 0. The Morgan fingerprint density at radius 1 is 0.714 bits per heavy atom. The van der Waals surface area contributed by atoms with Crippen LogP contribution in [0.1, 0.15) is 26.7 Å². The Bertz CT molecular complexity index is 739. The summed E-state index contributed by atoms with van der Waals surface area (Å²) >= 11 is 0. The average molecular weight is 291 g/mol. The molecule has 0 saturated carbocycles. The van der Waals surface area contributed by atoms with E-state index in [0.29, 0.717) is 0 Å². The lowest BCUT2D eigenvalue weighted by Gasteiger charge is -2.17. The van der Waals surface area contributed by atoms with E-state index >= 15 is 0 Å². The summed E-state index contributed by atoms with van der Waals surface area (Å²) in [6.07, 6.45) is 2.61. The molecule has 0 bridgehead atoms. The van der Waals surface area contributed by atoms with Crippen LogP contribution >= 0.6 is 0 Å². The third kappa shape index (κ3) is 2.89. The van der Waals surface area contributed by atoms with Gasteiger partial charge in [-0.2, -0.15) is 0 Å². The first-order valence-corrected chi connectivity index (χ1v) is 10.0. The van der Waals surface area contributed by atoms with Crippen LogP contribution in [-0.4, -0.2) is 8.80 Å². The van der Waals surface area contributed by atoms with Gasteiger partial charge in [0.15, 0.2) is 0 Å².